The number of aromatic nitrogens is 3. The molecule has 2 heterocycles. The number of ether oxygens (including phenoxy) is 1. The van der Waals surface area contributed by atoms with Crippen LogP contribution in [0.2, 0.25) is 5.02 Å². The van der Waals surface area contributed by atoms with Gasteiger partial charge in [-0.05, 0) is 30.3 Å². The summed E-state index contributed by atoms with van der Waals surface area (Å²) in [6.07, 6.45) is 6.34. The molecule has 2 aromatic heterocycles. The first kappa shape index (κ1) is 18.2. The van der Waals surface area contributed by atoms with E-state index in [-0.39, 0.29) is 16.5 Å². The molecule has 0 atom stereocenters. The standard InChI is InChI=1S/C17H15ClN4O3S/c1-25-16-3-2-13(10-14(16)18)26(23,24)22-11-15-17(21-9-8-20-15)12-4-6-19-7-5-12/h2-10,22H,11H2,1H3. The molecule has 0 saturated carbocycles. The van der Waals surface area contributed by atoms with Crippen molar-refractivity contribution in [3.8, 4) is 17.0 Å². The molecule has 0 bridgehead atoms. The molecule has 3 aromatic rings. The first-order valence-corrected chi connectivity index (χ1v) is 9.41. The van der Waals surface area contributed by atoms with Crippen molar-refractivity contribution >= 4 is 21.6 Å². The molecule has 0 aliphatic rings. The minimum atomic E-state index is -3.78. The van der Waals surface area contributed by atoms with Crippen LogP contribution in [-0.2, 0) is 16.6 Å². The monoisotopic (exact) mass is 390 g/mol. The summed E-state index contributed by atoms with van der Waals surface area (Å²) in [6, 6.07) is 7.83. The van der Waals surface area contributed by atoms with Crippen molar-refractivity contribution in [1.29, 1.82) is 0 Å². The van der Waals surface area contributed by atoms with Gasteiger partial charge in [0.25, 0.3) is 0 Å². The average molecular weight is 391 g/mol. The van der Waals surface area contributed by atoms with E-state index in [2.05, 4.69) is 19.7 Å². The van der Waals surface area contributed by atoms with Crippen LogP contribution in [0.15, 0.2) is 60.0 Å². The number of hydrogen-bond donors (Lipinski definition) is 1. The van der Waals surface area contributed by atoms with E-state index < -0.39 is 10.0 Å². The smallest absolute Gasteiger partial charge is 0.240 e. The van der Waals surface area contributed by atoms with Gasteiger partial charge in [-0.25, -0.2) is 13.1 Å². The number of nitrogens with zero attached hydrogens (tertiary/aromatic N) is 3. The third-order valence-electron chi connectivity index (χ3n) is 3.59. The highest BCUT2D eigenvalue weighted by Crippen LogP contribution is 2.27. The summed E-state index contributed by atoms with van der Waals surface area (Å²) in [5, 5.41) is 0.215. The van der Waals surface area contributed by atoms with Crippen LogP contribution in [0.3, 0.4) is 0 Å². The Balaban J connectivity index is 1.84. The summed E-state index contributed by atoms with van der Waals surface area (Å²) in [7, 11) is -2.31. The zero-order valence-corrected chi connectivity index (χ0v) is 15.3. The van der Waals surface area contributed by atoms with E-state index in [0.717, 1.165) is 5.56 Å². The topological polar surface area (TPSA) is 94.1 Å². The molecule has 9 heteroatoms. The van der Waals surface area contributed by atoms with Gasteiger partial charge in [-0.15, -0.1) is 0 Å². The Bertz CT molecular complexity index is 1010. The van der Waals surface area contributed by atoms with Crippen molar-refractivity contribution in [2.45, 2.75) is 11.4 Å². The van der Waals surface area contributed by atoms with Gasteiger partial charge < -0.3 is 4.74 Å². The predicted octanol–water partition coefficient (Wildman–Crippen LogP) is 2.68. The molecule has 0 aliphatic heterocycles. The van der Waals surface area contributed by atoms with Gasteiger partial charge in [0, 0.05) is 30.4 Å². The molecular formula is C17H15ClN4O3S. The summed E-state index contributed by atoms with van der Waals surface area (Å²) in [6.45, 7) is -0.0164. The lowest BCUT2D eigenvalue weighted by molar-refractivity contribution is 0.414. The number of hydrogen-bond acceptors (Lipinski definition) is 6. The molecule has 134 valence electrons. The molecule has 7 nitrogen and oxygen atoms in total. The maximum absolute atomic E-state index is 12.5. The first-order valence-electron chi connectivity index (χ1n) is 7.55. The molecule has 1 aromatic carbocycles. The van der Waals surface area contributed by atoms with Crippen molar-refractivity contribution in [3.05, 3.63) is 65.8 Å². The molecule has 26 heavy (non-hydrogen) atoms. The Morgan fingerprint density at radius 1 is 1.08 bits per heavy atom. The lowest BCUT2D eigenvalue weighted by atomic mass is 10.1. The number of nitrogens with one attached hydrogen (secondary N) is 1. The summed E-state index contributed by atoms with van der Waals surface area (Å²) < 4.78 is 32.6. The van der Waals surface area contributed by atoms with Crippen molar-refractivity contribution in [3.63, 3.8) is 0 Å². The van der Waals surface area contributed by atoms with Gasteiger partial charge in [-0.3, -0.25) is 15.0 Å². The minimum Gasteiger partial charge on any atom is -0.495 e. The van der Waals surface area contributed by atoms with E-state index in [1.165, 1.54) is 31.5 Å². The van der Waals surface area contributed by atoms with Gasteiger partial charge in [0.05, 0.1) is 35.0 Å². The van der Waals surface area contributed by atoms with Crippen LogP contribution in [0.4, 0.5) is 0 Å². The molecule has 0 radical (unpaired) electrons. The zero-order chi connectivity index (χ0) is 18.6. The lowest BCUT2D eigenvalue weighted by Crippen LogP contribution is -2.24. The van der Waals surface area contributed by atoms with Gasteiger partial charge in [0.2, 0.25) is 10.0 Å². The Hall–Kier alpha value is -2.55. The van der Waals surface area contributed by atoms with Crippen molar-refractivity contribution in [2.24, 2.45) is 0 Å². The van der Waals surface area contributed by atoms with Crippen LogP contribution in [-0.4, -0.2) is 30.5 Å². The van der Waals surface area contributed by atoms with E-state index in [0.29, 0.717) is 17.1 Å². The maximum Gasteiger partial charge on any atom is 0.240 e. The Morgan fingerprint density at radius 3 is 2.50 bits per heavy atom. The van der Waals surface area contributed by atoms with Crippen LogP contribution < -0.4 is 9.46 Å². The van der Waals surface area contributed by atoms with Crippen LogP contribution in [0.1, 0.15) is 5.69 Å². The van der Waals surface area contributed by atoms with Crippen molar-refractivity contribution in [1.82, 2.24) is 19.7 Å². The largest absolute Gasteiger partial charge is 0.495 e. The number of sulfonamides is 1. The molecule has 0 saturated heterocycles. The fourth-order valence-electron chi connectivity index (χ4n) is 2.31. The van der Waals surface area contributed by atoms with E-state index in [1.807, 2.05) is 0 Å². The number of methoxy groups -OCH3 is 1. The van der Waals surface area contributed by atoms with E-state index in [4.69, 9.17) is 16.3 Å². The molecule has 0 fully saturated rings. The molecular weight excluding hydrogens is 376 g/mol. The van der Waals surface area contributed by atoms with E-state index in [9.17, 15) is 8.42 Å². The highest BCUT2D eigenvalue weighted by Gasteiger charge is 2.17. The Morgan fingerprint density at radius 2 is 1.81 bits per heavy atom. The average Bonchev–Trinajstić information content (AvgIpc) is 2.67. The van der Waals surface area contributed by atoms with E-state index >= 15 is 0 Å². The quantitative estimate of drug-likeness (QED) is 0.695. The van der Waals surface area contributed by atoms with Crippen LogP contribution in [0.25, 0.3) is 11.3 Å². The van der Waals surface area contributed by atoms with Gasteiger partial charge in [-0.2, -0.15) is 0 Å². The fraction of sp³-hybridized carbons (Fsp3) is 0.118. The summed E-state index contributed by atoms with van der Waals surface area (Å²) >= 11 is 6.01. The molecule has 0 spiro atoms. The molecule has 1 N–H and O–H groups in total. The highest BCUT2D eigenvalue weighted by molar-refractivity contribution is 7.89. The number of halogens is 1. The maximum atomic E-state index is 12.5. The third-order valence-corrected chi connectivity index (χ3v) is 5.29. The summed E-state index contributed by atoms with van der Waals surface area (Å²) in [4.78, 5) is 12.5. The predicted molar refractivity (Wildman–Crippen MR) is 97.3 cm³/mol. The second kappa shape index (κ2) is 7.77. The van der Waals surface area contributed by atoms with Gasteiger partial charge in [0.1, 0.15) is 5.75 Å². The Labute approximate surface area is 156 Å². The highest BCUT2D eigenvalue weighted by atomic mass is 35.5. The zero-order valence-electron chi connectivity index (χ0n) is 13.8. The lowest BCUT2D eigenvalue weighted by Gasteiger charge is -2.10. The normalized spacial score (nSPS) is 11.3. The number of rotatable bonds is 6. The van der Waals surface area contributed by atoms with Crippen molar-refractivity contribution < 1.29 is 13.2 Å². The first-order chi connectivity index (χ1) is 12.5. The third kappa shape index (κ3) is 3.98. The van der Waals surface area contributed by atoms with Gasteiger partial charge in [-0.1, -0.05) is 11.6 Å². The molecule has 3 rings (SSSR count). The van der Waals surface area contributed by atoms with Gasteiger partial charge >= 0.3 is 0 Å². The van der Waals surface area contributed by atoms with Crippen LogP contribution in [0.5, 0.6) is 5.75 Å². The second-order valence-electron chi connectivity index (χ2n) is 5.21. The number of pyridine rings is 1. The Kier molecular flexibility index (Phi) is 5.46. The number of benzene rings is 1. The van der Waals surface area contributed by atoms with Crippen molar-refractivity contribution in [2.75, 3.05) is 7.11 Å². The van der Waals surface area contributed by atoms with Crippen LogP contribution >= 0.6 is 11.6 Å². The molecule has 0 unspecified atom stereocenters. The minimum absolute atomic E-state index is 0.0164. The molecule has 0 amide bonds. The SMILES string of the molecule is COc1ccc(S(=O)(=O)NCc2nccnc2-c2ccncc2)cc1Cl. The summed E-state index contributed by atoms with van der Waals surface area (Å²) in [5.74, 6) is 0.402. The fourth-order valence-corrected chi connectivity index (χ4v) is 3.64. The summed E-state index contributed by atoms with van der Waals surface area (Å²) in [5.41, 5.74) is 1.89. The molecule has 0 aliphatic carbocycles. The second-order valence-corrected chi connectivity index (χ2v) is 7.38. The van der Waals surface area contributed by atoms with Gasteiger partial charge in [0.15, 0.2) is 0 Å². The van der Waals surface area contributed by atoms with Crippen LogP contribution in [0, 0.1) is 0 Å². The van der Waals surface area contributed by atoms with E-state index in [1.54, 1.807) is 30.7 Å².